The Hall–Kier alpha value is -2.17. The van der Waals surface area contributed by atoms with Crippen molar-refractivity contribution in [2.45, 2.75) is 0 Å². The van der Waals surface area contributed by atoms with Crippen LogP contribution in [-0.2, 0) is 0 Å². The van der Waals surface area contributed by atoms with E-state index >= 15 is 0 Å². The van der Waals surface area contributed by atoms with Crippen molar-refractivity contribution in [3.05, 3.63) is 43.0 Å². The maximum Gasteiger partial charge on any atom is 0.366 e. The molecule has 5 heteroatoms. The quantitative estimate of drug-likeness (QED) is 0.537. The highest BCUT2D eigenvalue weighted by Gasteiger charge is 1.97. The molecular weight excluding hydrogens is 182 g/mol. The summed E-state index contributed by atoms with van der Waals surface area (Å²) in [5.41, 5.74) is 0. The van der Waals surface area contributed by atoms with Crippen LogP contribution in [0.3, 0.4) is 0 Å². The summed E-state index contributed by atoms with van der Waals surface area (Å²) >= 11 is 0. The van der Waals surface area contributed by atoms with E-state index in [4.69, 9.17) is 9.78 Å². The molecule has 0 aliphatic rings. The summed E-state index contributed by atoms with van der Waals surface area (Å²) in [5, 5.41) is 0. The molecule has 0 bridgehead atoms. The summed E-state index contributed by atoms with van der Waals surface area (Å²) in [6, 6.07) is 5.31. The standard InChI is InChI=1S/C9H7N3O2/c1-3-8(7-10-4-1)13-14-9-11-5-2-6-12-9/h1-7H. The Morgan fingerprint density at radius 1 is 0.929 bits per heavy atom. The van der Waals surface area contributed by atoms with Gasteiger partial charge >= 0.3 is 6.01 Å². The molecule has 0 amide bonds. The summed E-state index contributed by atoms with van der Waals surface area (Å²) in [4.78, 5) is 21.2. The van der Waals surface area contributed by atoms with Gasteiger partial charge in [-0.1, -0.05) is 0 Å². The summed E-state index contributed by atoms with van der Waals surface area (Å²) in [7, 11) is 0. The lowest BCUT2D eigenvalue weighted by molar-refractivity contribution is -0.109. The molecule has 0 fully saturated rings. The second-order valence-electron chi connectivity index (χ2n) is 2.39. The molecule has 0 saturated carbocycles. The van der Waals surface area contributed by atoms with Crippen LogP contribution < -0.4 is 9.78 Å². The minimum atomic E-state index is 0.163. The number of aromatic nitrogens is 3. The molecule has 70 valence electrons. The van der Waals surface area contributed by atoms with Crippen molar-refractivity contribution < 1.29 is 9.78 Å². The van der Waals surface area contributed by atoms with Gasteiger partial charge < -0.3 is 0 Å². The van der Waals surface area contributed by atoms with Crippen molar-refractivity contribution in [2.75, 3.05) is 0 Å². The van der Waals surface area contributed by atoms with E-state index in [1.54, 1.807) is 36.8 Å². The lowest BCUT2D eigenvalue weighted by Crippen LogP contribution is -2.03. The van der Waals surface area contributed by atoms with Crippen LogP contribution in [0.4, 0.5) is 0 Å². The molecule has 0 N–H and O–H groups in total. The zero-order valence-corrected chi connectivity index (χ0v) is 7.20. The number of rotatable bonds is 3. The Labute approximate surface area is 80.3 Å². The first-order chi connectivity index (χ1) is 6.95. The first-order valence-corrected chi connectivity index (χ1v) is 3.97. The zero-order chi connectivity index (χ0) is 9.64. The van der Waals surface area contributed by atoms with Gasteiger partial charge in [0.15, 0.2) is 5.75 Å². The molecular formula is C9H7N3O2. The third kappa shape index (κ3) is 2.16. The van der Waals surface area contributed by atoms with Crippen LogP contribution in [0, 0.1) is 0 Å². The van der Waals surface area contributed by atoms with Gasteiger partial charge in [0.2, 0.25) is 0 Å². The maximum atomic E-state index is 4.90. The molecule has 5 nitrogen and oxygen atoms in total. The van der Waals surface area contributed by atoms with Crippen LogP contribution in [0.25, 0.3) is 0 Å². The fraction of sp³-hybridized carbons (Fsp3) is 0. The van der Waals surface area contributed by atoms with Crippen LogP contribution in [0.15, 0.2) is 43.0 Å². The fourth-order valence-electron chi connectivity index (χ4n) is 0.810. The van der Waals surface area contributed by atoms with Crippen molar-refractivity contribution in [1.82, 2.24) is 15.0 Å². The van der Waals surface area contributed by atoms with E-state index < -0.39 is 0 Å². The molecule has 0 saturated heterocycles. The summed E-state index contributed by atoms with van der Waals surface area (Å²) in [6.45, 7) is 0. The van der Waals surface area contributed by atoms with E-state index in [1.807, 2.05) is 0 Å². The maximum absolute atomic E-state index is 4.90. The van der Waals surface area contributed by atoms with Gasteiger partial charge in [0.05, 0.1) is 6.20 Å². The molecule has 2 heterocycles. The van der Waals surface area contributed by atoms with Crippen LogP contribution in [0.5, 0.6) is 11.8 Å². The third-order valence-electron chi connectivity index (χ3n) is 1.39. The highest BCUT2D eigenvalue weighted by atomic mass is 17.2. The average Bonchev–Trinajstić information content (AvgIpc) is 2.29. The highest BCUT2D eigenvalue weighted by molar-refractivity contribution is 5.14. The predicted molar refractivity (Wildman–Crippen MR) is 47.5 cm³/mol. The normalized spacial score (nSPS) is 9.43. The van der Waals surface area contributed by atoms with E-state index in [0.717, 1.165) is 0 Å². The monoisotopic (exact) mass is 189 g/mol. The van der Waals surface area contributed by atoms with Gasteiger partial charge in [-0.05, 0) is 18.2 Å². The van der Waals surface area contributed by atoms with E-state index in [0.29, 0.717) is 5.75 Å². The largest absolute Gasteiger partial charge is 0.366 e. The molecule has 2 aromatic heterocycles. The Bertz CT molecular complexity index is 340. The van der Waals surface area contributed by atoms with E-state index in [-0.39, 0.29) is 6.01 Å². The van der Waals surface area contributed by atoms with E-state index in [9.17, 15) is 0 Å². The third-order valence-corrected chi connectivity index (χ3v) is 1.39. The summed E-state index contributed by atoms with van der Waals surface area (Å²) in [5.74, 6) is 0.500. The van der Waals surface area contributed by atoms with Crippen molar-refractivity contribution in [3.63, 3.8) is 0 Å². The van der Waals surface area contributed by atoms with Crippen LogP contribution in [0.1, 0.15) is 0 Å². The summed E-state index contributed by atoms with van der Waals surface area (Å²) < 4.78 is 0. The van der Waals surface area contributed by atoms with Gasteiger partial charge in [-0.25, -0.2) is 14.9 Å². The van der Waals surface area contributed by atoms with Gasteiger partial charge in [0.25, 0.3) is 0 Å². The van der Waals surface area contributed by atoms with Gasteiger partial charge in [-0.3, -0.25) is 9.87 Å². The van der Waals surface area contributed by atoms with Gasteiger partial charge in [0, 0.05) is 18.6 Å². The zero-order valence-electron chi connectivity index (χ0n) is 7.20. The second kappa shape index (κ2) is 4.18. The lowest BCUT2D eigenvalue weighted by Gasteiger charge is -2.01. The fourth-order valence-corrected chi connectivity index (χ4v) is 0.810. The Morgan fingerprint density at radius 3 is 2.50 bits per heavy atom. The number of hydrogen-bond donors (Lipinski definition) is 0. The van der Waals surface area contributed by atoms with Gasteiger partial charge in [-0.2, -0.15) is 0 Å². The molecule has 2 aromatic rings. The van der Waals surface area contributed by atoms with E-state index in [2.05, 4.69) is 15.0 Å². The molecule has 2 rings (SSSR count). The first-order valence-electron chi connectivity index (χ1n) is 3.97. The smallest absolute Gasteiger partial charge is 0.285 e. The SMILES string of the molecule is c1cnc(OOc2cccnc2)nc1. The molecule has 0 unspecified atom stereocenters. The Kier molecular flexibility index (Phi) is 2.51. The predicted octanol–water partition coefficient (Wildman–Crippen LogP) is 1.24. The molecule has 14 heavy (non-hydrogen) atoms. The van der Waals surface area contributed by atoms with Gasteiger partial charge in [0.1, 0.15) is 0 Å². The van der Waals surface area contributed by atoms with Crippen molar-refractivity contribution in [1.29, 1.82) is 0 Å². The van der Waals surface area contributed by atoms with Crippen molar-refractivity contribution >= 4 is 0 Å². The van der Waals surface area contributed by atoms with Crippen molar-refractivity contribution in [3.8, 4) is 11.8 Å². The number of hydrogen-bond acceptors (Lipinski definition) is 5. The van der Waals surface area contributed by atoms with Crippen LogP contribution in [0.2, 0.25) is 0 Å². The molecule has 0 atom stereocenters. The Balaban J connectivity index is 1.96. The first kappa shape index (κ1) is 8.43. The lowest BCUT2D eigenvalue weighted by atomic mass is 10.5. The average molecular weight is 189 g/mol. The minimum absolute atomic E-state index is 0.163. The number of pyridine rings is 1. The van der Waals surface area contributed by atoms with E-state index in [1.165, 1.54) is 6.20 Å². The Morgan fingerprint density at radius 2 is 1.79 bits per heavy atom. The topological polar surface area (TPSA) is 57.1 Å². The number of nitrogens with zero attached hydrogens (tertiary/aromatic N) is 3. The van der Waals surface area contributed by atoms with Gasteiger partial charge in [-0.15, -0.1) is 0 Å². The minimum Gasteiger partial charge on any atom is -0.285 e. The van der Waals surface area contributed by atoms with Crippen LogP contribution >= 0.6 is 0 Å². The van der Waals surface area contributed by atoms with Crippen molar-refractivity contribution in [2.24, 2.45) is 0 Å². The summed E-state index contributed by atoms with van der Waals surface area (Å²) in [6.07, 6.45) is 6.30. The molecule has 0 spiro atoms. The molecule has 0 radical (unpaired) electrons. The highest BCUT2D eigenvalue weighted by Crippen LogP contribution is 2.07. The molecule has 0 aromatic carbocycles. The molecule has 0 aliphatic carbocycles. The molecule has 0 aliphatic heterocycles. The van der Waals surface area contributed by atoms with Crippen LogP contribution in [-0.4, -0.2) is 15.0 Å². The second-order valence-corrected chi connectivity index (χ2v) is 2.39.